The second-order valence-corrected chi connectivity index (χ2v) is 7.96. The van der Waals surface area contributed by atoms with Crippen LogP contribution in [0.3, 0.4) is 0 Å². The first kappa shape index (κ1) is 20.4. The second kappa shape index (κ2) is 9.22. The van der Waals surface area contributed by atoms with E-state index in [2.05, 4.69) is 22.5 Å². The number of anilines is 2. The van der Waals surface area contributed by atoms with Crippen LogP contribution in [0.25, 0.3) is 0 Å². The third-order valence-electron chi connectivity index (χ3n) is 4.95. The van der Waals surface area contributed by atoms with Crippen molar-refractivity contribution in [2.45, 2.75) is 26.7 Å². The van der Waals surface area contributed by atoms with Crippen LogP contribution in [0, 0.1) is 12.8 Å². The summed E-state index contributed by atoms with van der Waals surface area (Å²) in [7, 11) is 0. The molecule has 2 N–H and O–H groups in total. The molecule has 0 bridgehead atoms. The molecule has 2 aromatic rings. The van der Waals surface area contributed by atoms with Crippen molar-refractivity contribution in [2.75, 3.05) is 30.3 Å². The molecule has 0 aromatic heterocycles. The van der Waals surface area contributed by atoms with E-state index in [9.17, 15) is 9.59 Å². The summed E-state index contributed by atoms with van der Waals surface area (Å²) < 4.78 is 0. The van der Waals surface area contributed by atoms with Crippen LogP contribution in [-0.4, -0.2) is 36.3 Å². The van der Waals surface area contributed by atoms with E-state index in [1.807, 2.05) is 19.1 Å². The first-order valence-corrected chi connectivity index (χ1v) is 9.98. The van der Waals surface area contributed by atoms with Gasteiger partial charge in [0.25, 0.3) is 5.91 Å². The van der Waals surface area contributed by atoms with Gasteiger partial charge in [0.2, 0.25) is 5.91 Å². The molecule has 1 aliphatic heterocycles. The summed E-state index contributed by atoms with van der Waals surface area (Å²) in [6, 6.07) is 12.3. The van der Waals surface area contributed by atoms with Crippen molar-refractivity contribution in [2.24, 2.45) is 5.92 Å². The van der Waals surface area contributed by atoms with E-state index >= 15 is 0 Å². The summed E-state index contributed by atoms with van der Waals surface area (Å²) in [5.41, 5.74) is 2.82. The maximum atomic E-state index is 12.4. The first-order chi connectivity index (χ1) is 13.4. The molecule has 3 rings (SSSR count). The summed E-state index contributed by atoms with van der Waals surface area (Å²) in [4.78, 5) is 26.9. The number of carbonyl (C=O) groups is 2. The SMILES string of the molecule is Cc1cc(NC(=O)c2cccc(Cl)c2)ccc1NC(=O)CN1CCCC(C)C1. The Balaban J connectivity index is 1.59. The van der Waals surface area contributed by atoms with Crippen LogP contribution in [0.1, 0.15) is 35.7 Å². The third-order valence-corrected chi connectivity index (χ3v) is 5.19. The van der Waals surface area contributed by atoms with Crippen molar-refractivity contribution in [3.63, 3.8) is 0 Å². The van der Waals surface area contributed by atoms with Crippen LogP contribution >= 0.6 is 11.6 Å². The lowest BCUT2D eigenvalue weighted by Crippen LogP contribution is -2.39. The van der Waals surface area contributed by atoms with Gasteiger partial charge in [0.05, 0.1) is 6.54 Å². The zero-order chi connectivity index (χ0) is 20.1. The number of nitrogens with one attached hydrogen (secondary N) is 2. The highest BCUT2D eigenvalue weighted by molar-refractivity contribution is 6.31. The lowest BCUT2D eigenvalue weighted by molar-refractivity contribution is -0.117. The third kappa shape index (κ3) is 5.57. The minimum absolute atomic E-state index is 0.00656. The van der Waals surface area contributed by atoms with E-state index in [-0.39, 0.29) is 11.8 Å². The van der Waals surface area contributed by atoms with Crippen molar-refractivity contribution in [3.05, 3.63) is 58.6 Å². The summed E-state index contributed by atoms with van der Waals surface area (Å²) in [5, 5.41) is 6.36. The maximum absolute atomic E-state index is 12.4. The zero-order valence-corrected chi connectivity index (χ0v) is 17.1. The van der Waals surface area contributed by atoms with Gasteiger partial charge in [0, 0.05) is 28.5 Å². The molecule has 0 spiro atoms. The van der Waals surface area contributed by atoms with Crippen LogP contribution in [-0.2, 0) is 4.79 Å². The molecule has 1 saturated heterocycles. The molecule has 1 unspecified atom stereocenters. The minimum atomic E-state index is -0.224. The Labute approximate surface area is 171 Å². The smallest absolute Gasteiger partial charge is 0.255 e. The molecule has 0 saturated carbocycles. The molecule has 0 radical (unpaired) electrons. The largest absolute Gasteiger partial charge is 0.325 e. The monoisotopic (exact) mass is 399 g/mol. The number of hydrogen-bond donors (Lipinski definition) is 2. The average molecular weight is 400 g/mol. The summed E-state index contributed by atoms with van der Waals surface area (Å²) in [6.45, 7) is 6.50. The number of piperidine rings is 1. The van der Waals surface area contributed by atoms with E-state index in [0.29, 0.717) is 28.7 Å². The average Bonchev–Trinajstić information content (AvgIpc) is 2.64. The van der Waals surface area contributed by atoms with Gasteiger partial charge >= 0.3 is 0 Å². The van der Waals surface area contributed by atoms with Crippen LogP contribution in [0.2, 0.25) is 5.02 Å². The standard InChI is InChI=1S/C22H26ClN3O2/c1-15-5-4-10-26(13-15)14-21(27)25-20-9-8-19(11-16(20)2)24-22(28)17-6-3-7-18(23)12-17/h3,6-9,11-12,15H,4-5,10,13-14H2,1-2H3,(H,24,28)(H,25,27). The molecule has 2 amide bonds. The Morgan fingerprint density at radius 2 is 2.00 bits per heavy atom. The van der Waals surface area contributed by atoms with Gasteiger partial charge in [-0.25, -0.2) is 0 Å². The number of hydrogen-bond acceptors (Lipinski definition) is 3. The van der Waals surface area contributed by atoms with Gasteiger partial charge in [-0.05, 0) is 74.2 Å². The van der Waals surface area contributed by atoms with Crippen molar-refractivity contribution in [3.8, 4) is 0 Å². The quantitative estimate of drug-likeness (QED) is 0.774. The molecule has 0 aliphatic carbocycles. The Kier molecular flexibility index (Phi) is 6.70. The highest BCUT2D eigenvalue weighted by Crippen LogP contribution is 2.21. The highest BCUT2D eigenvalue weighted by atomic mass is 35.5. The Morgan fingerprint density at radius 1 is 1.18 bits per heavy atom. The molecule has 5 nitrogen and oxygen atoms in total. The van der Waals surface area contributed by atoms with Crippen molar-refractivity contribution in [1.29, 1.82) is 0 Å². The number of halogens is 1. The van der Waals surface area contributed by atoms with E-state index in [4.69, 9.17) is 11.6 Å². The number of nitrogens with zero attached hydrogens (tertiary/aromatic N) is 1. The van der Waals surface area contributed by atoms with Crippen LogP contribution in [0.15, 0.2) is 42.5 Å². The molecule has 28 heavy (non-hydrogen) atoms. The van der Waals surface area contributed by atoms with E-state index in [0.717, 1.165) is 30.8 Å². The minimum Gasteiger partial charge on any atom is -0.325 e. The van der Waals surface area contributed by atoms with Gasteiger partial charge < -0.3 is 10.6 Å². The lowest BCUT2D eigenvalue weighted by Gasteiger charge is -2.30. The number of aryl methyl sites for hydroxylation is 1. The number of amides is 2. The van der Waals surface area contributed by atoms with Crippen LogP contribution in [0.5, 0.6) is 0 Å². The van der Waals surface area contributed by atoms with Gasteiger partial charge in [-0.2, -0.15) is 0 Å². The highest BCUT2D eigenvalue weighted by Gasteiger charge is 2.19. The molecule has 148 valence electrons. The van der Waals surface area contributed by atoms with Crippen molar-refractivity contribution >= 4 is 34.8 Å². The normalized spacial score (nSPS) is 17.2. The molecule has 1 aliphatic rings. The second-order valence-electron chi connectivity index (χ2n) is 7.52. The van der Waals surface area contributed by atoms with Gasteiger partial charge in [-0.15, -0.1) is 0 Å². The van der Waals surface area contributed by atoms with Crippen molar-refractivity contribution in [1.82, 2.24) is 4.90 Å². The summed E-state index contributed by atoms with van der Waals surface area (Å²) in [6.07, 6.45) is 2.38. The zero-order valence-electron chi connectivity index (χ0n) is 16.3. The summed E-state index contributed by atoms with van der Waals surface area (Å²) in [5.74, 6) is 0.413. The van der Waals surface area contributed by atoms with E-state index < -0.39 is 0 Å². The molecule has 6 heteroatoms. The Bertz CT molecular complexity index is 869. The fraction of sp³-hybridized carbons (Fsp3) is 0.364. The van der Waals surface area contributed by atoms with Crippen molar-refractivity contribution < 1.29 is 9.59 Å². The molecular formula is C22H26ClN3O2. The topological polar surface area (TPSA) is 61.4 Å². The number of likely N-dealkylation sites (tertiary alicyclic amines) is 1. The van der Waals surface area contributed by atoms with Gasteiger partial charge in [-0.1, -0.05) is 24.6 Å². The predicted molar refractivity (Wildman–Crippen MR) is 114 cm³/mol. The Morgan fingerprint density at radius 3 is 2.71 bits per heavy atom. The molecule has 2 aromatic carbocycles. The first-order valence-electron chi connectivity index (χ1n) is 9.60. The van der Waals surface area contributed by atoms with E-state index in [1.165, 1.54) is 6.42 Å². The van der Waals surface area contributed by atoms with Gasteiger partial charge in [-0.3, -0.25) is 14.5 Å². The predicted octanol–water partition coefficient (Wildman–Crippen LogP) is 4.57. The van der Waals surface area contributed by atoms with Gasteiger partial charge in [0.15, 0.2) is 0 Å². The molecule has 1 fully saturated rings. The molecule has 1 atom stereocenters. The van der Waals surface area contributed by atoms with Crippen LogP contribution in [0.4, 0.5) is 11.4 Å². The lowest BCUT2D eigenvalue weighted by atomic mass is 10.0. The number of benzene rings is 2. The Hall–Kier alpha value is -2.37. The molecular weight excluding hydrogens is 374 g/mol. The fourth-order valence-electron chi connectivity index (χ4n) is 3.54. The number of carbonyl (C=O) groups excluding carboxylic acids is 2. The van der Waals surface area contributed by atoms with Crippen LogP contribution < -0.4 is 10.6 Å². The van der Waals surface area contributed by atoms with E-state index in [1.54, 1.807) is 30.3 Å². The fourth-order valence-corrected chi connectivity index (χ4v) is 3.73. The van der Waals surface area contributed by atoms with Gasteiger partial charge in [0.1, 0.15) is 0 Å². The maximum Gasteiger partial charge on any atom is 0.255 e. The number of rotatable bonds is 5. The molecule has 1 heterocycles. The summed E-state index contributed by atoms with van der Waals surface area (Å²) >= 11 is 5.94.